The lowest BCUT2D eigenvalue weighted by Gasteiger charge is -2.11. The minimum absolute atomic E-state index is 0.508. The van der Waals surface area contributed by atoms with Crippen molar-refractivity contribution < 1.29 is 0 Å². The van der Waals surface area contributed by atoms with Crippen molar-refractivity contribution in [3.05, 3.63) is 102 Å². The predicted molar refractivity (Wildman–Crippen MR) is 116 cm³/mol. The fourth-order valence-corrected chi connectivity index (χ4v) is 4.03. The summed E-state index contributed by atoms with van der Waals surface area (Å²) in [6.45, 7) is 0. The molecule has 0 radical (unpaired) electrons. The molecular weight excluding hydrogens is 354 g/mol. The highest BCUT2D eigenvalue weighted by molar-refractivity contribution is 6.09. The minimum atomic E-state index is 0.508. The van der Waals surface area contributed by atoms with Gasteiger partial charge in [-0.3, -0.25) is 0 Å². The number of nitrogens with zero attached hydrogens (tertiary/aromatic N) is 3. The van der Waals surface area contributed by atoms with Crippen LogP contribution in [0.3, 0.4) is 0 Å². The Morgan fingerprint density at radius 2 is 1.07 bits per heavy atom. The van der Waals surface area contributed by atoms with Gasteiger partial charge in [-0.25, -0.2) is 0 Å². The zero-order valence-corrected chi connectivity index (χ0v) is 15.5. The second-order valence-corrected chi connectivity index (χ2v) is 6.87. The van der Waals surface area contributed by atoms with E-state index in [4.69, 9.17) is 0 Å². The van der Waals surface area contributed by atoms with E-state index < -0.39 is 0 Å². The summed E-state index contributed by atoms with van der Waals surface area (Å²) >= 11 is 0. The van der Waals surface area contributed by atoms with Crippen LogP contribution < -0.4 is 0 Å². The topological polar surface area (TPSA) is 52.5 Å². The smallest absolute Gasteiger partial charge is 0.0998 e. The van der Waals surface area contributed by atoms with Crippen LogP contribution in [-0.4, -0.2) is 4.57 Å². The molecule has 1 aromatic heterocycles. The van der Waals surface area contributed by atoms with Gasteiger partial charge in [-0.15, -0.1) is 0 Å². The summed E-state index contributed by atoms with van der Waals surface area (Å²) in [6, 6.07) is 34.5. The predicted octanol–water partition coefficient (Wildman–Crippen LogP) is 6.19. The van der Waals surface area contributed by atoms with Crippen molar-refractivity contribution in [2.45, 2.75) is 0 Å². The van der Waals surface area contributed by atoms with Gasteiger partial charge in [0.1, 0.15) is 0 Å². The monoisotopic (exact) mass is 369 g/mol. The normalized spacial score (nSPS) is 10.7. The third-order valence-corrected chi connectivity index (χ3v) is 5.30. The molecule has 3 nitrogen and oxygen atoms in total. The molecule has 0 N–H and O–H groups in total. The van der Waals surface area contributed by atoms with Gasteiger partial charge >= 0.3 is 0 Å². The van der Waals surface area contributed by atoms with Crippen molar-refractivity contribution in [3.63, 3.8) is 0 Å². The summed E-state index contributed by atoms with van der Waals surface area (Å²) in [6.07, 6.45) is 0. The van der Waals surface area contributed by atoms with E-state index in [1.807, 2.05) is 24.3 Å². The summed E-state index contributed by atoms with van der Waals surface area (Å²) in [4.78, 5) is 0. The fraction of sp³-hybridized carbons (Fsp3) is 0. The summed E-state index contributed by atoms with van der Waals surface area (Å²) in [5.74, 6) is 0. The zero-order valence-electron chi connectivity index (χ0n) is 15.5. The van der Waals surface area contributed by atoms with Crippen molar-refractivity contribution in [2.24, 2.45) is 0 Å². The van der Waals surface area contributed by atoms with E-state index in [1.54, 1.807) is 18.2 Å². The van der Waals surface area contributed by atoms with Gasteiger partial charge in [-0.2, -0.15) is 10.5 Å². The summed E-state index contributed by atoms with van der Waals surface area (Å²) in [7, 11) is 0. The SMILES string of the molecule is N#Cc1cccc(C#N)c1-c1ccc(-n2c3ccccc3c3ccccc32)cc1. The Bertz CT molecular complexity index is 1370. The maximum absolute atomic E-state index is 9.48. The quantitative estimate of drug-likeness (QED) is 0.372. The number of aromatic nitrogens is 1. The van der Waals surface area contributed by atoms with E-state index in [0.29, 0.717) is 16.7 Å². The molecule has 0 bridgehead atoms. The van der Waals surface area contributed by atoms with Crippen molar-refractivity contribution in [1.82, 2.24) is 4.57 Å². The van der Waals surface area contributed by atoms with E-state index in [1.165, 1.54) is 10.8 Å². The number of fused-ring (bicyclic) bond motifs is 3. The molecule has 0 aliphatic heterocycles. The molecule has 5 aromatic rings. The first-order valence-corrected chi connectivity index (χ1v) is 9.34. The Kier molecular flexibility index (Phi) is 3.87. The number of nitriles is 2. The molecule has 4 aromatic carbocycles. The molecule has 0 spiro atoms. The first kappa shape index (κ1) is 16.8. The lowest BCUT2D eigenvalue weighted by molar-refractivity contribution is 1.18. The van der Waals surface area contributed by atoms with E-state index in [2.05, 4.69) is 65.2 Å². The highest BCUT2D eigenvalue weighted by Crippen LogP contribution is 2.33. The first-order chi connectivity index (χ1) is 14.3. The van der Waals surface area contributed by atoms with Gasteiger partial charge in [0.05, 0.1) is 34.3 Å². The van der Waals surface area contributed by atoms with Crippen LogP contribution in [0.15, 0.2) is 91.0 Å². The van der Waals surface area contributed by atoms with Gasteiger partial charge in [0, 0.05) is 22.0 Å². The molecule has 29 heavy (non-hydrogen) atoms. The van der Waals surface area contributed by atoms with E-state index >= 15 is 0 Å². The molecule has 0 aliphatic carbocycles. The molecule has 134 valence electrons. The average molecular weight is 369 g/mol. The molecule has 0 unspecified atom stereocenters. The lowest BCUT2D eigenvalue weighted by Crippen LogP contribution is -1.94. The van der Waals surface area contributed by atoms with Crippen LogP contribution >= 0.6 is 0 Å². The number of benzene rings is 4. The molecule has 1 heterocycles. The fourth-order valence-electron chi connectivity index (χ4n) is 4.03. The molecule has 0 saturated heterocycles. The minimum Gasteiger partial charge on any atom is -0.309 e. The molecule has 0 aliphatic rings. The van der Waals surface area contributed by atoms with Gasteiger partial charge in [-0.1, -0.05) is 54.6 Å². The van der Waals surface area contributed by atoms with Crippen LogP contribution in [-0.2, 0) is 0 Å². The molecule has 3 heteroatoms. The van der Waals surface area contributed by atoms with Crippen LogP contribution in [0.2, 0.25) is 0 Å². The van der Waals surface area contributed by atoms with Crippen molar-refractivity contribution >= 4 is 21.8 Å². The average Bonchev–Trinajstić information content (AvgIpc) is 3.13. The van der Waals surface area contributed by atoms with Gasteiger partial charge in [-0.05, 0) is 42.0 Å². The second kappa shape index (κ2) is 6.68. The lowest BCUT2D eigenvalue weighted by atomic mass is 9.95. The Hall–Kier alpha value is -4.34. The molecule has 0 amide bonds. The Labute approximate surface area is 168 Å². The van der Waals surface area contributed by atoms with Crippen molar-refractivity contribution in [3.8, 4) is 29.0 Å². The second-order valence-electron chi connectivity index (χ2n) is 6.87. The zero-order chi connectivity index (χ0) is 19.8. The van der Waals surface area contributed by atoms with Crippen LogP contribution in [0, 0.1) is 22.7 Å². The highest BCUT2D eigenvalue weighted by atomic mass is 15.0. The number of hydrogen-bond acceptors (Lipinski definition) is 2. The van der Waals surface area contributed by atoms with Crippen LogP contribution in [0.25, 0.3) is 38.6 Å². The van der Waals surface area contributed by atoms with Gasteiger partial charge in [0.15, 0.2) is 0 Å². The first-order valence-electron chi connectivity index (χ1n) is 9.34. The van der Waals surface area contributed by atoms with Gasteiger partial charge < -0.3 is 4.57 Å². The van der Waals surface area contributed by atoms with Crippen LogP contribution in [0.1, 0.15) is 11.1 Å². The molecule has 0 atom stereocenters. The van der Waals surface area contributed by atoms with Gasteiger partial charge in [0.2, 0.25) is 0 Å². The van der Waals surface area contributed by atoms with Crippen molar-refractivity contribution in [2.75, 3.05) is 0 Å². The van der Waals surface area contributed by atoms with Crippen molar-refractivity contribution in [1.29, 1.82) is 10.5 Å². The number of hydrogen-bond donors (Lipinski definition) is 0. The van der Waals surface area contributed by atoms with E-state index in [9.17, 15) is 10.5 Å². The summed E-state index contributed by atoms with van der Waals surface area (Å²) in [5.41, 5.74) is 5.91. The maximum atomic E-state index is 9.48. The van der Waals surface area contributed by atoms with E-state index in [-0.39, 0.29) is 0 Å². The number of para-hydroxylation sites is 2. The third-order valence-electron chi connectivity index (χ3n) is 5.30. The molecule has 5 rings (SSSR count). The highest BCUT2D eigenvalue weighted by Gasteiger charge is 2.13. The van der Waals surface area contributed by atoms with Crippen LogP contribution in [0.4, 0.5) is 0 Å². The molecule has 0 fully saturated rings. The largest absolute Gasteiger partial charge is 0.309 e. The Morgan fingerprint density at radius 1 is 0.552 bits per heavy atom. The maximum Gasteiger partial charge on any atom is 0.0998 e. The number of rotatable bonds is 2. The third kappa shape index (κ3) is 2.57. The molecule has 0 saturated carbocycles. The van der Waals surface area contributed by atoms with Gasteiger partial charge in [0.25, 0.3) is 0 Å². The summed E-state index contributed by atoms with van der Waals surface area (Å²) < 4.78 is 2.25. The standard InChI is InChI=1S/C26H15N3/c27-16-19-6-5-7-20(17-28)26(19)18-12-14-21(15-13-18)29-24-10-3-1-8-22(24)23-9-2-4-11-25(23)29/h1-15H. The van der Waals surface area contributed by atoms with E-state index in [0.717, 1.165) is 22.3 Å². The Balaban J connectivity index is 1.72. The Morgan fingerprint density at radius 3 is 1.59 bits per heavy atom. The summed E-state index contributed by atoms with van der Waals surface area (Å²) in [5, 5.41) is 21.4. The molecular formula is C26H15N3. The van der Waals surface area contributed by atoms with Crippen LogP contribution in [0.5, 0.6) is 0 Å².